The number of rotatable bonds is 13. The van der Waals surface area contributed by atoms with Crippen LogP contribution in [0.5, 0.6) is 11.5 Å². The molecular weight excluding hydrogens is 518 g/mol. The van der Waals surface area contributed by atoms with Gasteiger partial charge in [-0.25, -0.2) is 4.79 Å². The number of methoxy groups -OCH3 is 2. The van der Waals surface area contributed by atoms with Crippen molar-refractivity contribution >= 4 is 12.0 Å². The lowest BCUT2D eigenvalue weighted by molar-refractivity contribution is -0.132. The number of ether oxygens (including phenoxy) is 3. The smallest absolute Gasteiger partial charge is 0.410 e. The molecule has 3 aromatic carbocycles. The van der Waals surface area contributed by atoms with Gasteiger partial charge in [-0.15, -0.1) is 0 Å². The van der Waals surface area contributed by atoms with Gasteiger partial charge < -0.3 is 24.0 Å². The first-order valence-electron chi connectivity index (χ1n) is 14.3. The highest BCUT2D eigenvalue weighted by Crippen LogP contribution is 2.18. The van der Waals surface area contributed by atoms with Crippen LogP contribution in [-0.4, -0.2) is 73.6 Å². The SMILES string of the molecule is COc1ccc(CN(Cc2ccc(OC)cc2)C(=O)CCCCN2CCN(C(=O)OCc3ccccc3)CC2)cc1. The van der Waals surface area contributed by atoms with Gasteiger partial charge in [0.2, 0.25) is 5.91 Å². The van der Waals surface area contributed by atoms with E-state index >= 15 is 0 Å². The molecule has 1 saturated heterocycles. The highest BCUT2D eigenvalue weighted by Gasteiger charge is 2.22. The maximum Gasteiger partial charge on any atom is 0.410 e. The van der Waals surface area contributed by atoms with Gasteiger partial charge in [-0.2, -0.15) is 0 Å². The second-order valence-electron chi connectivity index (χ2n) is 10.3. The standard InChI is InChI=1S/C33H41N3O5/c1-39-30-15-11-27(12-16-30)24-36(25-28-13-17-31(40-2)18-14-28)32(37)10-6-7-19-34-20-22-35(23-21-34)33(38)41-26-29-8-4-3-5-9-29/h3-5,8-9,11-18H,6-7,10,19-26H2,1-2H3. The van der Waals surface area contributed by atoms with E-state index in [1.54, 1.807) is 19.1 Å². The number of benzene rings is 3. The van der Waals surface area contributed by atoms with Crippen LogP contribution in [0.3, 0.4) is 0 Å². The number of piperazine rings is 1. The van der Waals surface area contributed by atoms with E-state index in [0.717, 1.165) is 60.7 Å². The molecule has 2 amide bonds. The van der Waals surface area contributed by atoms with Crippen molar-refractivity contribution < 1.29 is 23.8 Å². The fraction of sp³-hybridized carbons (Fsp3) is 0.394. The minimum atomic E-state index is -0.257. The average molecular weight is 560 g/mol. The Morgan fingerprint density at radius 1 is 0.707 bits per heavy atom. The maximum absolute atomic E-state index is 13.3. The summed E-state index contributed by atoms with van der Waals surface area (Å²) in [5.41, 5.74) is 3.11. The Morgan fingerprint density at radius 3 is 1.80 bits per heavy atom. The van der Waals surface area contributed by atoms with Gasteiger partial charge in [0.25, 0.3) is 0 Å². The van der Waals surface area contributed by atoms with E-state index in [2.05, 4.69) is 4.90 Å². The fourth-order valence-corrected chi connectivity index (χ4v) is 4.87. The molecule has 3 aromatic rings. The number of carbonyl (C=O) groups excluding carboxylic acids is 2. The summed E-state index contributed by atoms with van der Waals surface area (Å²) < 4.78 is 16.0. The lowest BCUT2D eigenvalue weighted by Gasteiger charge is -2.34. The molecular formula is C33H41N3O5. The summed E-state index contributed by atoms with van der Waals surface area (Å²) in [6, 6.07) is 25.4. The Kier molecular flexibility index (Phi) is 11.4. The van der Waals surface area contributed by atoms with E-state index in [-0.39, 0.29) is 12.0 Å². The van der Waals surface area contributed by atoms with Crippen molar-refractivity contribution in [3.05, 3.63) is 95.6 Å². The Hall–Kier alpha value is -4.04. The highest BCUT2D eigenvalue weighted by molar-refractivity contribution is 5.76. The molecule has 1 heterocycles. The van der Waals surface area contributed by atoms with Crippen LogP contribution in [0.15, 0.2) is 78.9 Å². The summed E-state index contributed by atoms with van der Waals surface area (Å²) in [4.78, 5) is 31.8. The van der Waals surface area contributed by atoms with Gasteiger partial charge in [-0.1, -0.05) is 54.6 Å². The van der Waals surface area contributed by atoms with E-state index in [4.69, 9.17) is 14.2 Å². The van der Waals surface area contributed by atoms with Gasteiger partial charge in [0.1, 0.15) is 18.1 Å². The van der Waals surface area contributed by atoms with Gasteiger partial charge in [-0.05, 0) is 60.3 Å². The van der Waals surface area contributed by atoms with Gasteiger partial charge >= 0.3 is 6.09 Å². The van der Waals surface area contributed by atoms with E-state index in [0.29, 0.717) is 39.2 Å². The third-order valence-electron chi connectivity index (χ3n) is 7.37. The maximum atomic E-state index is 13.3. The molecule has 1 aliphatic rings. The van der Waals surface area contributed by atoms with Crippen molar-refractivity contribution in [3.8, 4) is 11.5 Å². The molecule has 0 aliphatic carbocycles. The van der Waals surface area contributed by atoms with Crippen molar-refractivity contribution in [1.29, 1.82) is 0 Å². The second kappa shape index (κ2) is 15.7. The Morgan fingerprint density at radius 2 is 1.27 bits per heavy atom. The molecule has 0 N–H and O–H groups in total. The molecule has 0 saturated carbocycles. The van der Waals surface area contributed by atoms with Gasteiger partial charge in [0.15, 0.2) is 0 Å². The monoisotopic (exact) mass is 559 g/mol. The van der Waals surface area contributed by atoms with Crippen molar-refractivity contribution in [3.63, 3.8) is 0 Å². The van der Waals surface area contributed by atoms with Crippen LogP contribution in [0, 0.1) is 0 Å². The van der Waals surface area contributed by atoms with Crippen LogP contribution in [0.4, 0.5) is 4.79 Å². The van der Waals surface area contributed by atoms with Crippen molar-refractivity contribution in [2.45, 2.75) is 39.0 Å². The molecule has 8 heteroatoms. The Balaban J connectivity index is 1.20. The zero-order valence-corrected chi connectivity index (χ0v) is 24.2. The topological polar surface area (TPSA) is 71.6 Å². The van der Waals surface area contributed by atoms with Crippen LogP contribution >= 0.6 is 0 Å². The van der Waals surface area contributed by atoms with Crippen LogP contribution in [0.1, 0.15) is 36.0 Å². The van der Waals surface area contributed by atoms with Gasteiger partial charge in [0.05, 0.1) is 14.2 Å². The third kappa shape index (κ3) is 9.53. The average Bonchev–Trinajstić information content (AvgIpc) is 3.03. The first kappa shape index (κ1) is 29.9. The summed E-state index contributed by atoms with van der Waals surface area (Å²) in [5, 5.41) is 0. The van der Waals surface area contributed by atoms with Crippen LogP contribution < -0.4 is 9.47 Å². The van der Waals surface area contributed by atoms with Crippen LogP contribution in [0.2, 0.25) is 0 Å². The number of hydrogen-bond donors (Lipinski definition) is 0. The fourth-order valence-electron chi connectivity index (χ4n) is 4.87. The summed E-state index contributed by atoms with van der Waals surface area (Å²) in [6.45, 7) is 5.23. The molecule has 0 aromatic heterocycles. The molecule has 8 nitrogen and oxygen atoms in total. The van der Waals surface area contributed by atoms with E-state index < -0.39 is 0 Å². The summed E-state index contributed by atoms with van der Waals surface area (Å²) >= 11 is 0. The number of nitrogens with zero attached hydrogens (tertiary/aromatic N) is 3. The van der Waals surface area contributed by atoms with Crippen LogP contribution in [-0.2, 0) is 29.2 Å². The predicted molar refractivity (Wildman–Crippen MR) is 159 cm³/mol. The van der Waals surface area contributed by atoms with Crippen molar-refractivity contribution in [2.24, 2.45) is 0 Å². The Labute approximate surface area is 243 Å². The molecule has 1 fully saturated rings. The first-order valence-corrected chi connectivity index (χ1v) is 14.3. The largest absolute Gasteiger partial charge is 0.497 e. The number of hydrogen-bond acceptors (Lipinski definition) is 6. The summed E-state index contributed by atoms with van der Waals surface area (Å²) in [6.07, 6.45) is 1.99. The number of unbranched alkanes of at least 4 members (excludes halogenated alkanes) is 1. The Bertz CT molecular complexity index is 1160. The first-order chi connectivity index (χ1) is 20.0. The minimum Gasteiger partial charge on any atom is -0.497 e. The molecule has 218 valence electrons. The van der Waals surface area contributed by atoms with E-state index in [1.165, 1.54) is 0 Å². The van der Waals surface area contributed by atoms with Gasteiger partial charge in [-0.3, -0.25) is 9.69 Å². The van der Waals surface area contributed by atoms with Crippen LogP contribution in [0.25, 0.3) is 0 Å². The zero-order chi connectivity index (χ0) is 28.9. The number of carbonyl (C=O) groups is 2. The lowest BCUT2D eigenvalue weighted by Crippen LogP contribution is -2.49. The molecule has 0 spiro atoms. The number of amides is 2. The quantitative estimate of drug-likeness (QED) is 0.263. The second-order valence-corrected chi connectivity index (χ2v) is 10.3. The minimum absolute atomic E-state index is 0.141. The normalized spacial score (nSPS) is 13.5. The summed E-state index contributed by atoms with van der Waals surface area (Å²) in [7, 11) is 3.30. The molecule has 4 rings (SSSR count). The molecule has 0 radical (unpaired) electrons. The third-order valence-corrected chi connectivity index (χ3v) is 7.37. The molecule has 0 unspecified atom stereocenters. The molecule has 1 aliphatic heterocycles. The van der Waals surface area contributed by atoms with E-state index in [1.807, 2.05) is 83.8 Å². The molecule has 0 bridgehead atoms. The molecule has 41 heavy (non-hydrogen) atoms. The van der Waals surface area contributed by atoms with E-state index in [9.17, 15) is 9.59 Å². The molecule has 0 atom stereocenters. The summed E-state index contributed by atoms with van der Waals surface area (Å²) in [5.74, 6) is 1.74. The highest BCUT2D eigenvalue weighted by atomic mass is 16.6. The zero-order valence-electron chi connectivity index (χ0n) is 24.2. The van der Waals surface area contributed by atoms with Crippen molar-refractivity contribution in [1.82, 2.24) is 14.7 Å². The lowest BCUT2D eigenvalue weighted by atomic mass is 10.1. The predicted octanol–water partition coefficient (Wildman–Crippen LogP) is 5.36. The van der Waals surface area contributed by atoms with Gasteiger partial charge in [0, 0.05) is 45.7 Å². The van der Waals surface area contributed by atoms with Crippen molar-refractivity contribution in [2.75, 3.05) is 46.9 Å².